The van der Waals surface area contributed by atoms with E-state index in [1.165, 1.54) is 30.7 Å². The molecule has 1 heterocycles. The largest absolute Gasteiger partial charge is 0.346 e. The first-order valence-corrected chi connectivity index (χ1v) is 5.08. The minimum atomic E-state index is 0.201. The van der Waals surface area contributed by atoms with Crippen LogP contribution in [0.2, 0.25) is 0 Å². The van der Waals surface area contributed by atoms with Gasteiger partial charge in [0.15, 0.2) is 0 Å². The molecule has 1 aromatic rings. The zero-order chi connectivity index (χ0) is 9.26. The van der Waals surface area contributed by atoms with Crippen LogP contribution in [-0.2, 0) is 19.3 Å². The van der Waals surface area contributed by atoms with Gasteiger partial charge in [-0.1, -0.05) is 0 Å². The van der Waals surface area contributed by atoms with Crippen LogP contribution in [0.3, 0.4) is 0 Å². The molecule has 1 aliphatic carbocycles. The summed E-state index contributed by atoms with van der Waals surface area (Å²) in [5.41, 5.74) is 8.35. The second-order valence-electron chi connectivity index (χ2n) is 4.00. The maximum atomic E-state index is 5.72. The van der Waals surface area contributed by atoms with Crippen LogP contribution in [0.5, 0.6) is 0 Å². The average Bonchev–Trinajstić information content (AvgIpc) is 2.44. The van der Waals surface area contributed by atoms with Crippen LogP contribution < -0.4 is 5.73 Å². The van der Waals surface area contributed by atoms with Gasteiger partial charge >= 0.3 is 0 Å². The second kappa shape index (κ2) is 3.50. The molecule has 0 saturated heterocycles. The van der Waals surface area contributed by atoms with Gasteiger partial charge in [-0.15, -0.1) is 0 Å². The van der Waals surface area contributed by atoms with Crippen molar-refractivity contribution in [2.24, 2.45) is 5.73 Å². The van der Waals surface area contributed by atoms with Gasteiger partial charge in [-0.05, 0) is 32.6 Å². The quantitative estimate of drug-likeness (QED) is 0.716. The van der Waals surface area contributed by atoms with E-state index in [-0.39, 0.29) is 6.04 Å². The summed E-state index contributed by atoms with van der Waals surface area (Å²) in [5.74, 6) is 1.07. The molecular formula is C10H17N3. The number of H-pyrrole nitrogens is 1. The maximum Gasteiger partial charge on any atom is 0.108 e. The lowest BCUT2D eigenvalue weighted by molar-refractivity contribution is 0.667. The third kappa shape index (κ3) is 1.91. The highest BCUT2D eigenvalue weighted by Crippen LogP contribution is 2.18. The second-order valence-corrected chi connectivity index (χ2v) is 4.00. The van der Waals surface area contributed by atoms with Gasteiger partial charge in [0.05, 0.1) is 5.69 Å². The Morgan fingerprint density at radius 1 is 1.46 bits per heavy atom. The number of nitrogens with zero attached hydrogens (tertiary/aromatic N) is 1. The van der Waals surface area contributed by atoms with Crippen molar-refractivity contribution in [3.8, 4) is 0 Å². The van der Waals surface area contributed by atoms with Crippen molar-refractivity contribution < 1.29 is 0 Å². The fourth-order valence-corrected chi connectivity index (χ4v) is 1.91. The summed E-state index contributed by atoms with van der Waals surface area (Å²) >= 11 is 0. The standard InChI is InChI=1S/C10H17N3/c1-7(11)6-10-12-8-4-2-3-5-9(8)13-10/h7H,2-6,11H2,1H3,(H,12,13). The first-order chi connectivity index (χ1) is 6.25. The van der Waals surface area contributed by atoms with Gasteiger partial charge in [0.25, 0.3) is 0 Å². The van der Waals surface area contributed by atoms with Crippen molar-refractivity contribution in [1.82, 2.24) is 9.97 Å². The maximum absolute atomic E-state index is 5.72. The molecule has 0 bridgehead atoms. The third-order valence-electron chi connectivity index (χ3n) is 2.52. The molecule has 0 aliphatic heterocycles. The van der Waals surface area contributed by atoms with E-state index in [0.29, 0.717) is 0 Å². The van der Waals surface area contributed by atoms with Gasteiger partial charge < -0.3 is 10.7 Å². The van der Waals surface area contributed by atoms with Crippen LogP contribution in [0.15, 0.2) is 0 Å². The van der Waals surface area contributed by atoms with E-state index in [0.717, 1.165) is 18.7 Å². The molecule has 0 aromatic carbocycles. The number of nitrogens with two attached hydrogens (primary N) is 1. The number of aryl methyl sites for hydroxylation is 2. The zero-order valence-electron chi connectivity index (χ0n) is 8.14. The Kier molecular flexibility index (Phi) is 2.36. The van der Waals surface area contributed by atoms with Crippen molar-refractivity contribution in [2.75, 3.05) is 0 Å². The Morgan fingerprint density at radius 3 is 2.92 bits per heavy atom. The first-order valence-electron chi connectivity index (χ1n) is 5.08. The molecular weight excluding hydrogens is 162 g/mol. The van der Waals surface area contributed by atoms with Crippen LogP contribution in [0.25, 0.3) is 0 Å². The molecule has 3 nitrogen and oxygen atoms in total. The first kappa shape index (κ1) is 8.75. The van der Waals surface area contributed by atoms with Crippen LogP contribution in [0, 0.1) is 0 Å². The number of hydrogen-bond donors (Lipinski definition) is 2. The monoisotopic (exact) mass is 179 g/mol. The average molecular weight is 179 g/mol. The van der Waals surface area contributed by atoms with Crippen LogP contribution in [-0.4, -0.2) is 16.0 Å². The fraction of sp³-hybridized carbons (Fsp3) is 0.700. The number of rotatable bonds is 2. The predicted molar refractivity (Wildman–Crippen MR) is 52.6 cm³/mol. The van der Waals surface area contributed by atoms with E-state index in [9.17, 15) is 0 Å². The summed E-state index contributed by atoms with van der Waals surface area (Å²) in [5, 5.41) is 0. The number of imidazole rings is 1. The van der Waals surface area contributed by atoms with Gasteiger partial charge in [0.1, 0.15) is 5.82 Å². The lowest BCUT2D eigenvalue weighted by Gasteiger charge is -2.07. The Labute approximate surface area is 78.7 Å². The molecule has 0 spiro atoms. The Morgan fingerprint density at radius 2 is 2.23 bits per heavy atom. The number of aromatic nitrogens is 2. The summed E-state index contributed by atoms with van der Waals surface area (Å²) in [4.78, 5) is 7.93. The van der Waals surface area contributed by atoms with E-state index in [2.05, 4.69) is 9.97 Å². The highest BCUT2D eigenvalue weighted by molar-refractivity contribution is 5.17. The fourth-order valence-electron chi connectivity index (χ4n) is 1.91. The molecule has 13 heavy (non-hydrogen) atoms. The van der Waals surface area contributed by atoms with Gasteiger partial charge in [-0.2, -0.15) is 0 Å². The molecule has 1 unspecified atom stereocenters. The van der Waals surface area contributed by atoms with Gasteiger partial charge in [0, 0.05) is 18.2 Å². The zero-order valence-corrected chi connectivity index (χ0v) is 8.14. The van der Waals surface area contributed by atoms with Crippen molar-refractivity contribution in [3.63, 3.8) is 0 Å². The topological polar surface area (TPSA) is 54.7 Å². The van der Waals surface area contributed by atoms with Crippen LogP contribution in [0.1, 0.15) is 37.0 Å². The van der Waals surface area contributed by atoms with E-state index < -0.39 is 0 Å². The molecule has 3 N–H and O–H groups in total. The summed E-state index contributed by atoms with van der Waals surface area (Å²) in [6.45, 7) is 2.02. The predicted octanol–water partition coefficient (Wildman–Crippen LogP) is 1.18. The molecule has 1 atom stereocenters. The lowest BCUT2D eigenvalue weighted by atomic mass is 10.0. The lowest BCUT2D eigenvalue weighted by Crippen LogP contribution is -2.18. The molecule has 2 rings (SSSR count). The minimum absolute atomic E-state index is 0.201. The highest BCUT2D eigenvalue weighted by atomic mass is 14.9. The smallest absolute Gasteiger partial charge is 0.108 e. The Balaban J connectivity index is 2.15. The van der Waals surface area contributed by atoms with Crippen molar-refractivity contribution in [2.45, 2.75) is 45.1 Å². The van der Waals surface area contributed by atoms with Gasteiger partial charge in [-0.3, -0.25) is 0 Å². The molecule has 3 heteroatoms. The number of fused-ring (bicyclic) bond motifs is 1. The van der Waals surface area contributed by atoms with Crippen molar-refractivity contribution in [3.05, 3.63) is 17.2 Å². The Bertz CT molecular complexity index is 265. The Hall–Kier alpha value is -0.830. The van der Waals surface area contributed by atoms with E-state index in [1.807, 2.05) is 6.92 Å². The molecule has 72 valence electrons. The molecule has 0 amide bonds. The summed E-state index contributed by atoms with van der Waals surface area (Å²) in [7, 11) is 0. The molecule has 0 fully saturated rings. The molecule has 1 aromatic heterocycles. The summed E-state index contributed by atoms with van der Waals surface area (Å²) < 4.78 is 0. The van der Waals surface area contributed by atoms with Gasteiger partial charge in [0.2, 0.25) is 0 Å². The normalized spacial score (nSPS) is 18.3. The number of aromatic amines is 1. The summed E-state index contributed by atoms with van der Waals surface area (Å²) in [6.07, 6.45) is 5.77. The minimum Gasteiger partial charge on any atom is -0.346 e. The third-order valence-corrected chi connectivity index (χ3v) is 2.52. The molecule has 1 aliphatic rings. The molecule has 0 saturated carbocycles. The number of nitrogens with one attached hydrogen (secondary N) is 1. The van der Waals surface area contributed by atoms with Crippen molar-refractivity contribution in [1.29, 1.82) is 0 Å². The van der Waals surface area contributed by atoms with E-state index in [1.54, 1.807) is 0 Å². The highest BCUT2D eigenvalue weighted by Gasteiger charge is 2.14. The van der Waals surface area contributed by atoms with Crippen LogP contribution >= 0.6 is 0 Å². The number of hydrogen-bond acceptors (Lipinski definition) is 2. The van der Waals surface area contributed by atoms with E-state index in [4.69, 9.17) is 5.73 Å². The van der Waals surface area contributed by atoms with Crippen LogP contribution in [0.4, 0.5) is 0 Å². The van der Waals surface area contributed by atoms with Gasteiger partial charge in [-0.25, -0.2) is 4.98 Å². The summed E-state index contributed by atoms with van der Waals surface area (Å²) in [6, 6.07) is 0.201. The SMILES string of the molecule is CC(N)Cc1nc2c([nH]1)CCCC2. The van der Waals surface area contributed by atoms with E-state index >= 15 is 0 Å². The molecule has 0 radical (unpaired) electrons. The van der Waals surface area contributed by atoms with Crippen molar-refractivity contribution >= 4 is 0 Å².